The molecule has 19 heavy (non-hydrogen) atoms. The maximum absolute atomic E-state index is 13.0. The van der Waals surface area contributed by atoms with E-state index in [9.17, 15) is 12.8 Å². The predicted octanol–water partition coefficient (Wildman–Crippen LogP) is 2.38. The Balaban J connectivity index is 2.16. The van der Waals surface area contributed by atoms with E-state index in [0.717, 1.165) is 21.6 Å². The van der Waals surface area contributed by atoms with Gasteiger partial charge in [-0.25, -0.2) is 22.5 Å². The molecule has 0 aliphatic heterocycles. The van der Waals surface area contributed by atoms with Gasteiger partial charge in [0.25, 0.3) is 0 Å². The fraction of sp³-hybridized carbons (Fsp3) is 0.250. The van der Waals surface area contributed by atoms with Crippen molar-refractivity contribution in [1.82, 2.24) is 9.71 Å². The van der Waals surface area contributed by atoms with E-state index in [1.54, 1.807) is 0 Å². The van der Waals surface area contributed by atoms with Gasteiger partial charge in [-0.1, -0.05) is 6.07 Å². The maximum atomic E-state index is 13.0. The van der Waals surface area contributed by atoms with Crippen molar-refractivity contribution in [1.29, 1.82) is 0 Å². The van der Waals surface area contributed by atoms with E-state index in [1.807, 2.05) is 13.8 Å². The first kappa shape index (κ1) is 14.1. The van der Waals surface area contributed by atoms with Crippen LogP contribution < -0.4 is 4.72 Å². The molecule has 1 heterocycles. The minimum atomic E-state index is -3.70. The Bertz CT molecular complexity index is 696. The van der Waals surface area contributed by atoms with Crippen LogP contribution in [-0.2, 0) is 16.6 Å². The van der Waals surface area contributed by atoms with E-state index in [0.29, 0.717) is 0 Å². The summed E-state index contributed by atoms with van der Waals surface area (Å²) in [6, 6.07) is 4.92. The largest absolute Gasteiger partial charge is 0.247 e. The second kappa shape index (κ2) is 5.36. The van der Waals surface area contributed by atoms with Crippen LogP contribution in [0.5, 0.6) is 0 Å². The molecule has 1 N–H and O–H groups in total. The van der Waals surface area contributed by atoms with Crippen molar-refractivity contribution in [3.05, 3.63) is 45.7 Å². The molecule has 0 amide bonds. The van der Waals surface area contributed by atoms with E-state index in [-0.39, 0.29) is 11.4 Å². The first-order valence-electron chi connectivity index (χ1n) is 5.56. The van der Waals surface area contributed by atoms with Crippen molar-refractivity contribution >= 4 is 21.4 Å². The van der Waals surface area contributed by atoms with Crippen molar-refractivity contribution in [2.24, 2.45) is 0 Å². The zero-order valence-electron chi connectivity index (χ0n) is 10.5. The molecular weight excluding hydrogens is 287 g/mol. The quantitative estimate of drug-likeness (QED) is 0.943. The molecule has 2 aromatic rings. The van der Waals surface area contributed by atoms with Gasteiger partial charge in [-0.05, 0) is 32.0 Å². The molecule has 0 bridgehead atoms. The van der Waals surface area contributed by atoms with Crippen LogP contribution in [-0.4, -0.2) is 13.4 Å². The number of rotatable bonds is 4. The molecule has 0 unspecified atom stereocenters. The maximum Gasteiger partial charge on any atom is 0.241 e. The number of thiazole rings is 1. The molecule has 1 aromatic heterocycles. The van der Waals surface area contributed by atoms with Crippen LogP contribution in [0.2, 0.25) is 0 Å². The minimum Gasteiger partial charge on any atom is -0.247 e. The Morgan fingerprint density at radius 3 is 2.68 bits per heavy atom. The highest BCUT2D eigenvalue weighted by molar-refractivity contribution is 7.89. The average molecular weight is 300 g/mol. The molecule has 0 saturated heterocycles. The fourth-order valence-corrected chi connectivity index (χ4v) is 3.61. The van der Waals surface area contributed by atoms with Crippen LogP contribution in [0.25, 0.3) is 0 Å². The second-order valence-electron chi connectivity index (χ2n) is 4.02. The molecule has 0 fully saturated rings. The lowest BCUT2D eigenvalue weighted by atomic mass is 10.4. The van der Waals surface area contributed by atoms with Gasteiger partial charge in [0.15, 0.2) is 0 Å². The Labute approximate surface area is 115 Å². The molecule has 102 valence electrons. The number of aromatic nitrogens is 1. The normalized spacial score (nSPS) is 11.7. The van der Waals surface area contributed by atoms with Crippen LogP contribution in [0.3, 0.4) is 0 Å². The van der Waals surface area contributed by atoms with Crippen LogP contribution in [0.1, 0.15) is 15.6 Å². The van der Waals surface area contributed by atoms with Gasteiger partial charge in [-0.15, -0.1) is 11.3 Å². The van der Waals surface area contributed by atoms with E-state index in [4.69, 9.17) is 0 Å². The van der Waals surface area contributed by atoms with Crippen molar-refractivity contribution in [2.45, 2.75) is 25.3 Å². The summed E-state index contributed by atoms with van der Waals surface area (Å²) in [4.78, 5) is 5.00. The zero-order chi connectivity index (χ0) is 14.0. The van der Waals surface area contributed by atoms with Crippen molar-refractivity contribution in [2.75, 3.05) is 0 Å². The Morgan fingerprint density at radius 1 is 1.37 bits per heavy atom. The first-order chi connectivity index (χ1) is 8.88. The summed E-state index contributed by atoms with van der Waals surface area (Å²) in [5.41, 5.74) is 0.810. The number of halogens is 1. The molecular formula is C12H13FN2O2S2. The van der Waals surface area contributed by atoms with Gasteiger partial charge in [0.05, 0.1) is 15.6 Å². The molecule has 0 aliphatic rings. The molecule has 0 atom stereocenters. The third kappa shape index (κ3) is 3.37. The van der Waals surface area contributed by atoms with Crippen molar-refractivity contribution in [3.63, 3.8) is 0 Å². The standard InChI is InChI=1S/C12H13FN2O2S2/c1-8-12(18-9(2)15-8)7-14-19(16,17)11-5-3-4-10(13)6-11/h3-6,14H,7H2,1-2H3. The Morgan fingerprint density at radius 2 is 2.11 bits per heavy atom. The summed E-state index contributed by atoms with van der Waals surface area (Å²) >= 11 is 1.44. The van der Waals surface area contributed by atoms with Gasteiger partial charge in [0.1, 0.15) is 5.82 Å². The summed E-state index contributed by atoms with van der Waals surface area (Å²) in [5, 5.41) is 0.887. The fourth-order valence-electron chi connectivity index (χ4n) is 1.62. The average Bonchev–Trinajstić information content (AvgIpc) is 2.65. The Kier molecular flexibility index (Phi) is 3.98. The van der Waals surface area contributed by atoms with Gasteiger partial charge in [-0.2, -0.15) is 0 Å². The van der Waals surface area contributed by atoms with Gasteiger partial charge >= 0.3 is 0 Å². The lowest BCUT2D eigenvalue weighted by molar-refractivity contribution is 0.577. The number of hydrogen-bond donors (Lipinski definition) is 1. The van der Waals surface area contributed by atoms with E-state index >= 15 is 0 Å². The number of nitrogens with one attached hydrogen (secondary N) is 1. The third-order valence-electron chi connectivity index (χ3n) is 2.53. The van der Waals surface area contributed by atoms with E-state index in [1.165, 1.54) is 29.5 Å². The molecule has 0 saturated carbocycles. The van der Waals surface area contributed by atoms with E-state index < -0.39 is 15.8 Å². The Hall–Kier alpha value is -1.31. The number of aryl methyl sites for hydroxylation is 2. The molecule has 0 radical (unpaired) electrons. The molecule has 2 rings (SSSR count). The highest BCUT2D eigenvalue weighted by atomic mass is 32.2. The molecule has 0 aliphatic carbocycles. The topological polar surface area (TPSA) is 59.1 Å². The van der Waals surface area contributed by atoms with Crippen LogP contribution in [0.4, 0.5) is 4.39 Å². The minimum absolute atomic E-state index is 0.0774. The number of benzene rings is 1. The number of hydrogen-bond acceptors (Lipinski definition) is 4. The zero-order valence-corrected chi connectivity index (χ0v) is 12.1. The molecule has 7 heteroatoms. The molecule has 4 nitrogen and oxygen atoms in total. The van der Waals surface area contributed by atoms with Crippen LogP contribution in [0.15, 0.2) is 29.2 Å². The lowest BCUT2D eigenvalue weighted by Gasteiger charge is -2.06. The summed E-state index contributed by atoms with van der Waals surface area (Å²) in [7, 11) is -3.70. The van der Waals surface area contributed by atoms with Crippen LogP contribution >= 0.6 is 11.3 Å². The summed E-state index contributed by atoms with van der Waals surface area (Å²) < 4.78 is 39.4. The van der Waals surface area contributed by atoms with Gasteiger partial charge in [-0.3, -0.25) is 0 Å². The first-order valence-corrected chi connectivity index (χ1v) is 7.86. The summed E-state index contributed by atoms with van der Waals surface area (Å²) in [6.45, 7) is 3.85. The van der Waals surface area contributed by atoms with Crippen LogP contribution in [0, 0.1) is 19.7 Å². The van der Waals surface area contributed by atoms with Gasteiger partial charge < -0.3 is 0 Å². The number of sulfonamides is 1. The van der Waals surface area contributed by atoms with Crippen molar-refractivity contribution < 1.29 is 12.8 Å². The second-order valence-corrected chi connectivity index (χ2v) is 7.08. The SMILES string of the molecule is Cc1nc(C)c(CNS(=O)(=O)c2cccc(F)c2)s1. The van der Waals surface area contributed by atoms with Gasteiger partial charge in [0.2, 0.25) is 10.0 Å². The van der Waals surface area contributed by atoms with Crippen molar-refractivity contribution in [3.8, 4) is 0 Å². The highest BCUT2D eigenvalue weighted by Crippen LogP contribution is 2.18. The monoisotopic (exact) mass is 300 g/mol. The lowest BCUT2D eigenvalue weighted by Crippen LogP contribution is -2.23. The third-order valence-corrected chi connectivity index (χ3v) is 5.00. The summed E-state index contributed by atoms with van der Waals surface area (Å²) in [6.07, 6.45) is 0. The van der Waals surface area contributed by atoms with Gasteiger partial charge in [0, 0.05) is 11.4 Å². The molecule has 0 spiro atoms. The van der Waals surface area contributed by atoms with E-state index in [2.05, 4.69) is 9.71 Å². The molecule has 1 aromatic carbocycles. The number of nitrogens with zero attached hydrogens (tertiary/aromatic N) is 1. The highest BCUT2D eigenvalue weighted by Gasteiger charge is 2.15. The smallest absolute Gasteiger partial charge is 0.241 e. The predicted molar refractivity (Wildman–Crippen MR) is 72.0 cm³/mol. The summed E-state index contributed by atoms with van der Waals surface area (Å²) in [5.74, 6) is -0.576.